The SMILES string of the molecule is CCN(CC)c1nc(N)c(C(=O)NCC(C)COC)s1. The molecule has 1 heterocycles. The van der Waals surface area contributed by atoms with Crippen molar-refractivity contribution in [3.63, 3.8) is 0 Å². The Morgan fingerprint density at radius 2 is 2.15 bits per heavy atom. The van der Waals surface area contributed by atoms with Crippen LogP contribution in [0.15, 0.2) is 0 Å². The first-order valence-electron chi connectivity index (χ1n) is 6.81. The lowest BCUT2D eigenvalue weighted by atomic mass is 10.2. The van der Waals surface area contributed by atoms with Crippen LogP contribution in [0.3, 0.4) is 0 Å². The fourth-order valence-corrected chi connectivity index (χ4v) is 2.83. The summed E-state index contributed by atoms with van der Waals surface area (Å²) in [7, 11) is 1.65. The van der Waals surface area contributed by atoms with Gasteiger partial charge >= 0.3 is 0 Å². The molecule has 0 aromatic carbocycles. The minimum Gasteiger partial charge on any atom is -0.384 e. The Balaban J connectivity index is 2.69. The molecule has 20 heavy (non-hydrogen) atoms. The molecule has 0 saturated heterocycles. The van der Waals surface area contributed by atoms with E-state index in [1.165, 1.54) is 11.3 Å². The van der Waals surface area contributed by atoms with Gasteiger partial charge in [-0.05, 0) is 19.8 Å². The molecule has 114 valence electrons. The molecular weight excluding hydrogens is 276 g/mol. The number of nitrogens with two attached hydrogens (primary N) is 1. The molecule has 0 bridgehead atoms. The number of hydrogen-bond acceptors (Lipinski definition) is 6. The molecule has 1 unspecified atom stereocenters. The van der Waals surface area contributed by atoms with Crippen molar-refractivity contribution in [2.75, 3.05) is 44.0 Å². The number of hydrogen-bond donors (Lipinski definition) is 2. The Hall–Kier alpha value is -1.34. The van der Waals surface area contributed by atoms with Crippen molar-refractivity contribution in [2.24, 2.45) is 5.92 Å². The quantitative estimate of drug-likeness (QED) is 0.762. The topological polar surface area (TPSA) is 80.5 Å². The number of methoxy groups -OCH3 is 1. The van der Waals surface area contributed by atoms with Gasteiger partial charge in [-0.1, -0.05) is 18.3 Å². The third-order valence-corrected chi connectivity index (χ3v) is 4.08. The third-order valence-electron chi connectivity index (χ3n) is 2.94. The van der Waals surface area contributed by atoms with E-state index < -0.39 is 0 Å². The number of carbonyl (C=O) groups excluding carboxylic acids is 1. The highest BCUT2D eigenvalue weighted by Crippen LogP contribution is 2.27. The number of amides is 1. The molecule has 0 aliphatic rings. The van der Waals surface area contributed by atoms with E-state index in [1.807, 2.05) is 20.8 Å². The number of carbonyl (C=O) groups is 1. The first kappa shape index (κ1) is 16.7. The maximum Gasteiger partial charge on any atom is 0.265 e. The van der Waals surface area contributed by atoms with Crippen molar-refractivity contribution >= 4 is 28.2 Å². The van der Waals surface area contributed by atoms with Crippen LogP contribution < -0.4 is 16.0 Å². The summed E-state index contributed by atoms with van der Waals surface area (Å²) in [6, 6.07) is 0. The predicted molar refractivity (Wildman–Crippen MR) is 83.5 cm³/mol. The number of anilines is 2. The molecule has 0 fully saturated rings. The molecule has 0 aliphatic heterocycles. The van der Waals surface area contributed by atoms with Gasteiger partial charge in [-0.2, -0.15) is 0 Å². The van der Waals surface area contributed by atoms with Crippen molar-refractivity contribution in [2.45, 2.75) is 20.8 Å². The van der Waals surface area contributed by atoms with Crippen molar-refractivity contribution in [3.05, 3.63) is 4.88 Å². The van der Waals surface area contributed by atoms with Crippen LogP contribution in [0, 0.1) is 5.92 Å². The molecule has 1 amide bonds. The van der Waals surface area contributed by atoms with Gasteiger partial charge in [-0.15, -0.1) is 0 Å². The Labute approximate surface area is 124 Å². The summed E-state index contributed by atoms with van der Waals surface area (Å²) >= 11 is 1.34. The largest absolute Gasteiger partial charge is 0.384 e. The molecule has 0 spiro atoms. The number of ether oxygens (including phenoxy) is 1. The van der Waals surface area contributed by atoms with E-state index in [-0.39, 0.29) is 11.8 Å². The highest BCUT2D eigenvalue weighted by atomic mass is 32.1. The molecule has 6 nitrogen and oxygen atoms in total. The fraction of sp³-hybridized carbons (Fsp3) is 0.692. The van der Waals surface area contributed by atoms with Crippen LogP contribution in [0.2, 0.25) is 0 Å². The lowest BCUT2D eigenvalue weighted by molar-refractivity contribution is 0.0939. The van der Waals surface area contributed by atoms with Gasteiger partial charge in [0.1, 0.15) is 10.7 Å². The number of nitrogens with one attached hydrogen (secondary N) is 1. The maximum absolute atomic E-state index is 12.1. The Bertz CT molecular complexity index is 432. The molecule has 1 rings (SSSR count). The van der Waals surface area contributed by atoms with Gasteiger partial charge in [-0.3, -0.25) is 4.79 Å². The van der Waals surface area contributed by atoms with Crippen molar-refractivity contribution in [1.82, 2.24) is 10.3 Å². The zero-order valence-electron chi connectivity index (χ0n) is 12.6. The minimum atomic E-state index is -0.165. The standard InChI is InChI=1S/C13H24N4O2S/c1-5-17(6-2)13-16-11(14)10(20-13)12(18)15-7-9(3)8-19-4/h9H,5-8,14H2,1-4H3,(H,15,18). The normalized spacial score (nSPS) is 12.2. The van der Waals surface area contributed by atoms with Crippen LogP contribution in [0.25, 0.3) is 0 Å². The van der Waals surface area contributed by atoms with Crippen LogP contribution in [-0.4, -0.2) is 44.2 Å². The molecule has 1 aromatic heterocycles. The van der Waals surface area contributed by atoms with Gasteiger partial charge in [0.2, 0.25) is 0 Å². The molecule has 7 heteroatoms. The highest BCUT2D eigenvalue weighted by Gasteiger charge is 2.18. The summed E-state index contributed by atoms with van der Waals surface area (Å²) in [5.74, 6) is 0.399. The minimum absolute atomic E-state index is 0.165. The van der Waals surface area contributed by atoms with Crippen molar-refractivity contribution in [3.8, 4) is 0 Å². The number of nitrogen functional groups attached to an aromatic ring is 1. The van der Waals surface area contributed by atoms with Crippen LogP contribution in [0.5, 0.6) is 0 Å². The summed E-state index contributed by atoms with van der Waals surface area (Å²) < 4.78 is 5.04. The van der Waals surface area contributed by atoms with Gasteiger partial charge in [0, 0.05) is 26.7 Å². The van der Waals surface area contributed by atoms with Crippen LogP contribution >= 0.6 is 11.3 Å². The van der Waals surface area contributed by atoms with Gasteiger partial charge in [-0.25, -0.2) is 4.98 Å². The lowest BCUT2D eigenvalue weighted by Crippen LogP contribution is -2.29. The van der Waals surface area contributed by atoms with E-state index in [2.05, 4.69) is 15.2 Å². The van der Waals surface area contributed by atoms with Crippen LogP contribution in [0.1, 0.15) is 30.4 Å². The average molecular weight is 300 g/mol. The lowest BCUT2D eigenvalue weighted by Gasteiger charge is -2.16. The summed E-state index contributed by atoms with van der Waals surface area (Å²) in [6.07, 6.45) is 0. The molecule has 1 atom stereocenters. The molecule has 0 saturated carbocycles. The Morgan fingerprint density at radius 1 is 1.50 bits per heavy atom. The van der Waals surface area contributed by atoms with E-state index in [9.17, 15) is 4.79 Å². The summed E-state index contributed by atoms with van der Waals surface area (Å²) in [4.78, 5) is 18.9. The molecule has 3 N–H and O–H groups in total. The molecule has 1 aromatic rings. The van der Waals surface area contributed by atoms with E-state index in [4.69, 9.17) is 10.5 Å². The summed E-state index contributed by atoms with van der Waals surface area (Å²) in [5.41, 5.74) is 5.84. The second kappa shape index (κ2) is 8.06. The predicted octanol–water partition coefficient (Wildman–Crippen LogP) is 1.58. The van der Waals surface area contributed by atoms with Crippen LogP contribution in [-0.2, 0) is 4.74 Å². The van der Waals surface area contributed by atoms with Crippen molar-refractivity contribution in [1.29, 1.82) is 0 Å². The van der Waals surface area contributed by atoms with Crippen molar-refractivity contribution < 1.29 is 9.53 Å². The number of nitrogens with zero attached hydrogens (tertiary/aromatic N) is 2. The molecular formula is C13H24N4O2S. The number of thiazole rings is 1. The van der Waals surface area contributed by atoms with Gasteiger partial charge in [0.25, 0.3) is 5.91 Å². The summed E-state index contributed by atoms with van der Waals surface area (Å²) in [6.45, 7) is 8.97. The molecule has 0 radical (unpaired) electrons. The fourth-order valence-electron chi connectivity index (χ4n) is 1.80. The van der Waals surface area contributed by atoms with E-state index in [0.29, 0.717) is 23.8 Å². The first-order valence-corrected chi connectivity index (χ1v) is 7.63. The molecule has 0 aliphatic carbocycles. The van der Waals surface area contributed by atoms with Gasteiger partial charge in [0.05, 0.1) is 6.61 Å². The average Bonchev–Trinajstić information content (AvgIpc) is 2.80. The zero-order chi connectivity index (χ0) is 15.1. The third kappa shape index (κ3) is 4.35. The Morgan fingerprint density at radius 3 is 2.70 bits per heavy atom. The van der Waals surface area contributed by atoms with Gasteiger partial charge < -0.3 is 20.7 Å². The second-order valence-electron chi connectivity index (χ2n) is 4.65. The number of aromatic nitrogens is 1. The van der Waals surface area contributed by atoms with Gasteiger partial charge in [0.15, 0.2) is 5.13 Å². The second-order valence-corrected chi connectivity index (χ2v) is 5.63. The van der Waals surface area contributed by atoms with Crippen LogP contribution in [0.4, 0.5) is 10.9 Å². The highest BCUT2D eigenvalue weighted by molar-refractivity contribution is 7.18. The monoisotopic (exact) mass is 300 g/mol. The first-order chi connectivity index (χ1) is 9.53. The van der Waals surface area contributed by atoms with E-state index in [1.54, 1.807) is 7.11 Å². The van der Waals surface area contributed by atoms with E-state index in [0.717, 1.165) is 18.2 Å². The smallest absolute Gasteiger partial charge is 0.265 e. The number of rotatable bonds is 8. The maximum atomic E-state index is 12.1. The Kier molecular flexibility index (Phi) is 6.74. The van der Waals surface area contributed by atoms with E-state index >= 15 is 0 Å². The zero-order valence-corrected chi connectivity index (χ0v) is 13.4. The summed E-state index contributed by atoms with van der Waals surface area (Å²) in [5, 5.41) is 3.66.